The van der Waals surface area contributed by atoms with E-state index < -0.39 is 11.2 Å². The number of hydrogen-bond donors (Lipinski definition) is 4. The number of carbonyl (C=O) groups excluding carboxylic acids is 3. The fourth-order valence-corrected chi connectivity index (χ4v) is 6.74. The largest absolute Gasteiger partial charge is 0.506 e. The zero-order chi connectivity index (χ0) is 31.2. The summed E-state index contributed by atoms with van der Waals surface area (Å²) in [6.45, 7) is 7.81. The van der Waals surface area contributed by atoms with Crippen molar-refractivity contribution in [1.82, 2.24) is 15.1 Å². The average Bonchev–Trinajstić information content (AvgIpc) is 3.65. The molecule has 0 unspecified atom stereocenters. The number of thioether (sulfide) groups is 1. The Morgan fingerprint density at radius 3 is 2.57 bits per heavy atom. The molecule has 44 heavy (non-hydrogen) atoms. The van der Waals surface area contributed by atoms with Gasteiger partial charge in [-0.25, -0.2) is 0 Å². The van der Waals surface area contributed by atoms with Crippen LogP contribution in [-0.4, -0.2) is 77.1 Å². The van der Waals surface area contributed by atoms with Gasteiger partial charge in [-0.2, -0.15) is 5.26 Å². The van der Waals surface area contributed by atoms with Crippen LogP contribution < -0.4 is 16.0 Å². The van der Waals surface area contributed by atoms with Crippen molar-refractivity contribution in [2.45, 2.75) is 31.9 Å². The van der Waals surface area contributed by atoms with E-state index in [1.807, 2.05) is 42.5 Å². The number of benzene rings is 3. The number of rotatable bonds is 10. The van der Waals surface area contributed by atoms with E-state index in [-0.39, 0.29) is 35.4 Å². The highest BCUT2D eigenvalue weighted by atomic mass is 32.2. The second kappa shape index (κ2) is 13.8. The molecule has 228 valence electrons. The van der Waals surface area contributed by atoms with Gasteiger partial charge in [0.25, 0.3) is 11.8 Å². The van der Waals surface area contributed by atoms with E-state index in [2.05, 4.69) is 20.9 Å². The lowest BCUT2D eigenvalue weighted by Crippen LogP contribution is -2.33. The van der Waals surface area contributed by atoms with E-state index in [4.69, 9.17) is 0 Å². The van der Waals surface area contributed by atoms with Gasteiger partial charge in [-0.05, 0) is 86.4 Å². The summed E-state index contributed by atoms with van der Waals surface area (Å²) < 4.78 is 0. The number of para-hydroxylation sites is 1. The normalized spacial score (nSPS) is 17.9. The van der Waals surface area contributed by atoms with Crippen molar-refractivity contribution in [2.24, 2.45) is 0 Å². The average molecular weight is 613 g/mol. The Balaban J connectivity index is 1.23. The molecule has 2 saturated heterocycles. The molecule has 11 heteroatoms. The predicted molar refractivity (Wildman–Crippen MR) is 173 cm³/mol. The van der Waals surface area contributed by atoms with Gasteiger partial charge in [0.15, 0.2) is 0 Å². The van der Waals surface area contributed by atoms with Gasteiger partial charge in [0.1, 0.15) is 27.7 Å². The van der Waals surface area contributed by atoms with Crippen molar-refractivity contribution in [1.29, 1.82) is 5.26 Å². The second-order valence-electron chi connectivity index (χ2n) is 10.9. The Hall–Kier alpha value is -4.53. The van der Waals surface area contributed by atoms with Crippen molar-refractivity contribution >= 4 is 51.6 Å². The zero-order valence-electron chi connectivity index (χ0n) is 24.9. The first-order chi connectivity index (χ1) is 21.3. The van der Waals surface area contributed by atoms with E-state index in [1.165, 1.54) is 35.6 Å². The SMILES string of the molecule is CCN1C(=O)[C@@H](CNc2ccc3cc(C(=O)NCCN4CCCC4)ccc3c2)S/C1=C(/C#N)C(=O)Nc1c(C)cccc1O. The van der Waals surface area contributed by atoms with Gasteiger partial charge in [0, 0.05) is 37.4 Å². The molecule has 2 fully saturated rings. The van der Waals surface area contributed by atoms with Crippen LogP contribution in [0.4, 0.5) is 11.4 Å². The van der Waals surface area contributed by atoms with E-state index in [0.29, 0.717) is 29.2 Å². The quantitative estimate of drug-likeness (QED) is 0.150. The van der Waals surface area contributed by atoms with Crippen LogP contribution in [0, 0.1) is 18.3 Å². The van der Waals surface area contributed by atoms with Crippen LogP contribution in [0.3, 0.4) is 0 Å². The van der Waals surface area contributed by atoms with Crippen LogP contribution in [0.5, 0.6) is 5.75 Å². The molecule has 3 aromatic rings. The van der Waals surface area contributed by atoms with Gasteiger partial charge >= 0.3 is 0 Å². The third kappa shape index (κ3) is 6.82. The molecule has 0 aliphatic carbocycles. The Kier molecular flexibility index (Phi) is 9.72. The van der Waals surface area contributed by atoms with Gasteiger partial charge < -0.3 is 30.9 Å². The molecule has 1 atom stereocenters. The number of aryl methyl sites for hydroxylation is 1. The van der Waals surface area contributed by atoms with Crippen LogP contribution in [0.1, 0.15) is 35.7 Å². The minimum Gasteiger partial charge on any atom is -0.506 e. The Bertz CT molecular complexity index is 1640. The first-order valence-electron chi connectivity index (χ1n) is 14.8. The number of phenolic OH excluding ortho intramolecular Hbond substituents is 1. The smallest absolute Gasteiger partial charge is 0.269 e. The second-order valence-corrected chi connectivity index (χ2v) is 12.1. The number of anilines is 2. The van der Waals surface area contributed by atoms with Gasteiger partial charge in [-0.3, -0.25) is 14.4 Å². The molecule has 2 heterocycles. The monoisotopic (exact) mass is 612 g/mol. The zero-order valence-corrected chi connectivity index (χ0v) is 25.7. The van der Waals surface area contributed by atoms with Crippen molar-refractivity contribution in [3.05, 3.63) is 76.3 Å². The van der Waals surface area contributed by atoms with Crippen molar-refractivity contribution < 1.29 is 19.5 Å². The molecule has 0 radical (unpaired) electrons. The Morgan fingerprint density at radius 2 is 1.84 bits per heavy atom. The summed E-state index contributed by atoms with van der Waals surface area (Å²) in [4.78, 5) is 42.8. The Morgan fingerprint density at radius 1 is 1.09 bits per heavy atom. The molecule has 2 aliphatic heterocycles. The van der Waals surface area contributed by atoms with Crippen LogP contribution in [0.25, 0.3) is 10.8 Å². The summed E-state index contributed by atoms with van der Waals surface area (Å²) in [7, 11) is 0. The summed E-state index contributed by atoms with van der Waals surface area (Å²) in [6.07, 6.45) is 2.45. The highest BCUT2D eigenvalue weighted by molar-refractivity contribution is 8.04. The Labute approximate surface area is 261 Å². The summed E-state index contributed by atoms with van der Waals surface area (Å²) in [6, 6.07) is 18.2. The lowest BCUT2D eigenvalue weighted by atomic mass is 10.1. The molecule has 0 aromatic heterocycles. The number of nitrogens with zero attached hydrogens (tertiary/aromatic N) is 3. The highest BCUT2D eigenvalue weighted by Gasteiger charge is 2.39. The summed E-state index contributed by atoms with van der Waals surface area (Å²) in [5.74, 6) is -1.07. The van der Waals surface area contributed by atoms with Crippen LogP contribution in [0.15, 0.2) is 65.2 Å². The topological polar surface area (TPSA) is 138 Å². The molecule has 2 aliphatic rings. The summed E-state index contributed by atoms with van der Waals surface area (Å²) in [5.41, 5.74) is 2.11. The molecular formula is C33H36N6O4S. The highest BCUT2D eigenvalue weighted by Crippen LogP contribution is 2.38. The lowest BCUT2D eigenvalue weighted by molar-refractivity contribution is -0.127. The van der Waals surface area contributed by atoms with Gasteiger partial charge in [0.05, 0.1) is 5.69 Å². The minimum atomic E-state index is -0.686. The minimum absolute atomic E-state index is 0.0875. The number of carbonyl (C=O) groups is 3. The van der Waals surface area contributed by atoms with Gasteiger partial charge in [-0.1, -0.05) is 36.0 Å². The molecule has 3 amide bonds. The molecule has 5 rings (SSSR count). The predicted octanol–water partition coefficient (Wildman–Crippen LogP) is 4.43. The lowest BCUT2D eigenvalue weighted by Gasteiger charge is -2.16. The maximum absolute atomic E-state index is 13.3. The van der Waals surface area contributed by atoms with Crippen LogP contribution in [0.2, 0.25) is 0 Å². The molecule has 0 spiro atoms. The number of aromatic hydroxyl groups is 1. The fraction of sp³-hybridized carbons (Fsp3) is 0.333. The first kappa shape index (κ1) is 30.9. The number of hydrogen-bond acceptors (Lipinski definition) is 8. The maximum Gasteiger partial charge on any atom is 0.269 e. The number of nitrogens with one attached hydrogen (secondary N) is 3. The fourth-order valence-electron chi connectivity index (χ4n) is 5.47. The van der Waals surface area contributed by atoms with Crippen LogP contribution >= 0.6 is 11.8 Å². The molecule has 0 saturated carbocycles. The summed E-state index contributed by atoms with van der Waals surface area (Å²) >= 11 is 1.17. The molecular weight excluding hydrogens is 576 g/mol. The molecule has 0 bridgehead atoms. The molecule has 4 N–H and O–H groups in total. The number of nitriles is 1. The van der Waals surface area contributed by atoms with E-state index >= 15 is 0 Å². The van der Waals surface area contributed by atoms with E-state index in [9.17, 15) is 24.8 Å². The maximum atomic E-state index is 13.3. The van der Waals surface area contributed by atoms with Crippen molar-refractivity contribution in [3.8, 4) is 11.8 Å². The molecule has 3 aromatic carbocycles. The standard InChI is InChI=1S/C33H36N6O4S/c1-3-39-32(43)28(44-33(39)26(19-34)31(42)37-29-21(2)7-6-8-27(29)40)20-36-25-12-11-22-17-24(10-9-23(22)18-25)30(41)35-13-16-38-14-4-5-15-38/h6-12,17-18,28,36,40H,3-5,13-16,20H2,1-2H3,(H,35,41)(H,37,42)/b33-26-/t28-/m1/s1. The third-order valence-corrected chi connectivity index (χ3v) is 9.21. The summed E-state index contributed by atoms with van der Waals surface area (Å²) in [5, 5.41) is 30.6. The van der Waals surface area contributed by atoms with E-state index in [1.54, 1.807) is 26.0 Å². The third-order valence-electron chi connectivity index (χ3n) is 7.91. The number of phenols is 1. The molecule has 10 nitrogen and oxygen atoms in total. The van der Waals surface area contributed by atoms with Gasteiger partial charge in [0.2, 0.25) is 5.91 Å². The number of amides is 3. The van der Waals surface area contributed by atoms with Gasteiger partial charge in [-0.15, -0.1) is 0 Å². The van der Waals surface area contributed by atoms with Crippen molar-refractivity contribution in [3.63, 3.8) is 0 Å². The van der Waals surface area contributed by atoms with Crippen molar-refractivity contribution in [2.75, 3.05) is 49.9 Å². The van der Waals surface area contributed by atoms with E-state index in [0.717, 1.165) is 36.1 Å². The number of fused-ring (bicyclic) bond motifs is 1. The van der Waals surface area contributed by atoms with Crippen LogP contribution in [-0.2, 0) is 9.59 Å². The number of likely N-dealkylation sites (tertiary alicyclic amines) is 1. The first-order valence-corrected chi connectivity index (χ1v) is 15.7.